The van der Waals surface area contributed by atoms with E-state index in [1.54, 1.807) is 17.1 Å². The van der Waals surface area contributed by atoms with Gasteiger partial charge in [-0.2, -0.15) is 0 Å². The molecule has 0 aliphatic carbocycles. The maximum absolute atomic E-state index is 12.5. The summed E-state index contributed by atoms with van der Waals surface area (Å²) in [5.74, 6) is -0.160. The lowest BCUT2D eigenvalue weighted by molar-refractivity contribution is 0.0931. The van der Waals surface area contributed by atoms with E-state index in [9.17, 15) is 4.79 Å². The number of rotatable bonds is 3. The van der Waals surface area contributed by atoms with Crippen LogP contribution in [0.5, 0.6) is 0 Å². The molecule has 6 nitrogen and oxygen atoms in total. The molecule has 116 valence electrons. The van der Waals surface area contributed by atoms with E-state index < -0.39 is 0 Å². The number of hydrogen-bond acceptors (Lipinski definition) is 4. The standard InChI is InChI=1S/C15H18ClN5O/c1-9-5-11(12(16)6-10(9)2)15(22)19-13-7-17-8-14(13)21-4-3-18-20-21/h3-6,13-14,17H,7-8H2,1-2H3,(H,19,22)/t13-,14+/m1/s1. The molecule has 3 rings (SSSR count). The van der Waals surface area contributed by atoms with Crippen LogP contribution in [0.4, 0.5) is 0 Å². The Morgan fingerprint density at radius 1 is 1.36 bits per heavy atom. The zero-order valence-electron chi connectivity index (χ0n) is 12.5. The molecule has 1 saturated heterocycles. The van der Waals surface area contributed by atoms with Gasteiger partial charge in [-0.25, -0.2) is 4.68 Å². The minimum atomic E-state index is -0.160. The van der Waals surface area contributed by atoms with Crippen molar-refractivity contribution in [2.24, 2.45) is 0 Å². The number of aryl methyl sites for hydroxylation is 2. The largest absolute Gasteiger partial charge is 0.346 e. The number of hydrogen-bond donors (Lipinski definition) is 2. The molecule has 1 amide bonds. The second kappa shape index (κ2) is 6.06. The fourth-order valence-electron chi connectivity index (χ4n) is 2.69. The van der Waals surface area contributed by atoms with Crippen LogP contribution in [0.1, 0.15) is 27.5 Å². The highest BCUT2D eigenvalue weighted by Gasteiger charge is 2.31. The molecule has 1 aromatic heterocycles. The summed E-state index contributed by atoms with van der Waals surface area (Å²) in [4.78, 5) is 12.5. The van der Waals surface area contributed by atoms with Gasteiger partial charge in [0.15, 0.2) is 0 Å². The quantitative estimate of drug-likeness (QED) is 0.899. The molecule has 1 aliphatic heterocycles. The van der Waals surface area contributed by atoms with Crippen molar-refractivity contribution >= 4 is 17.5 Å². The third-order valence-electron chi connectivity index (χ3n) is 4.11. The van der Waals surface area contributed by atoms with Gasteiger partial charge in [0.05, 0.1) is 28.9 Å². The molecule has 2 heterocycles. The Labute approximate surface area is 133 Å². The van der Waals surface area contributed by atoms with E-state index in [1.165, 1.54) is 0 Å². The highest BCUT2D eigenvalue weighted by atomic mass is 35.5. The molecule has 0 bridgehead atoms. The highest BCUT2D eigenvalue weighted by molar-refractivity contribution is 6.34. The molecule has 1 aromatic carbocycles. The Hall–Kier alpha value is -1.92. The summed E-state index contributed by atoms with van der Waals surface area (Å²) in [6.07, 6.45) is 3.44. The van der Waals surface area contributed by atoms with Crippen molar-refractivity contribution in [3.63, 3.8) is 0 Å². The van der Waals surface area contributed by atoms with Crippen molar-refractivity contribution in [2.75, 3.05) is 13.1 Å². The average molecular weight is 320 g/mol. The van der Waals surface area contributed by atoms with Crippen LogP contribution in [0, 0.1) is 13.8 Å². The first kappa shape index (κ1) is 15.0. The number of nitrogens with one attached hydrogen (secondary N) is 2. The summed E-state index contributed by atoms with van der Waals surface area (Å²) < 4.78 is 1.77. The Bertz CT molecular complexity index is 685. The molecular weight excluding hydrogens is 302 g/mol. The minimum Gasteiger partial charge on any atom is -0.346 e. The third-order valence-corrected chi connectivity index (χ3v) is 4.42. The van der Waals surface area contributed by atoms with Crippen LogP contribution in [0.25, 0.3) is 0 Å². The van der Waals surface area contributed by atoms with Crippen LogP contribution in [-0.2, 0) is 0 Å². The van der Waals surface area contributed by atoms with Crippen LogP contribution < -0.4 is 10.6 Å². The molecule has 0 spiro atoms. The number of carbonyl (C=O) groups excluding carboxylic acids is 1. The summed E-state index contributed by atoms with van der Waals surface area (Å²) in [6.45, 7) is 5.38. The Morgan fingerprint density at radius 3 is 2.86 bits per heavy atom. The highest BCUT2D eigenvalue weighted by Crippen LogP contribution is 2.22. The van der Waals surface area contributed by atoms with E-state index in [-0.39, 0.29) is 18.0 Å². The lowest BCUT2D eigenvalue weighted by Crippen LogP contribution is -2.41. The zero-order valence-corrected chi connectivity index (χ0v) is 13.3. The third kappa shape index (κ3) is 2.84. The molecule has 2 atom stereocenters. The maximum atomic E-state index is 12.5. The lowest BCUT2D eigenvalue weighted by atomic mass is 10.0. The van der Waals surface area contributed by atoms with Gasteiger partial charge in [0, 0.05) is 19.3 Å². The summed E-state index contributed by atoms with van der Waals surface area (Å²) in [5.41, 5.74) is 2.63. The minimum absolute atomic E-state index is 0.0492. The molecule has 1 fully saturated rings. The van der Waals surface area contributed by atoms with Crippen molar-refractivity contribution < 1.29 is 4.79 Å². The van der Waals surface area contributed by atoms with E-state index in [2.05, 4.69) is 20.9 Å². The van der Waals surface area contributed by atoms with E-state index in [0.717, 1.165) is 17.7 Å². The zero-order chi connectivity index (χ0) is 15.7. The molecule has 2 aromatic rings. The molecule has 2 N–H and O–H groups in total. The van der Waals surface area contributed by atoms with E-state index >= 15 is 0 Å². The SMILES string of the molecule is Cc1cc(Cl)c(C(=O)N[C@@H]2CNC[C@@H]2n2ccnn2)cc1C. The number of carbonyl (C=O) groups is 1. The van der Waals surface area contributed by atoms with Crippen LogP contribution >= 0.6 is 11.6 Å². The lowest BCUT2D eigenvalue weighted by Gasteiger charge is -2.20. The summed E-state index contributed by atoms with van der Waals surface area (Å²) >= 11 is 6.21. The molecular formula is C15H18ClN5O. The van der Waals surface area contributed by atoms with E-state index in [1.807, 2.05) is 26.0 Å². The molecule has 1 aliphatic rings. The summed E-state index contributed by atoms with van der Waals surface area (Å²) in [6, 6.07) is 3.66. The van der Waals surface area contributed by atoms with Crippen LogP contribution in [0.2, 0.25) is 5.02 Å². The van der Waals surface area contributed by atoms with Gasteiger partial charge < -0.3 is 10.6 Å². The van der Waals surface area contributed by atoms with Crippen LogP contribution in [0.3, 0.4) is 0 Å². The van der Waals surface area contributed by atoms with E-state index in [0.29, 0.717) is 17.1 Å². The van der Waals surface area contributed by atoms with Crippen molar-refractivity contribution in [3.8, 4) is 0 Å². The number of aromatic nitrogens is 3. The molecule has 7 heteroatoms. The first-order valence-electron chi connectivity index (χ1n) is 7.20. The van der Waals surface area contributed by atoms with Gasteiger partial charge in [0.2, 0.25) is 0 Å². The summed E-state index contributed by atoms with van der Waals surface area (Å²) in [7, 11) is 0. The topological polar surface area (TPSA) is 71.8 Å². The van der Waals surface area contributed by atoms with Gasteiger partial charge in [0.1, 0.15) is 0 Å². The van der Waals surface area contributed by atoms with Crippen LogP contribution in [-0.4, -0.2) is 40.0 Å². The maximum Gasteiger partial charge on any atom is 0.253 e. The predicted octanol–water partition coefficient (Wildman–Crippen LogP) is 1.49. The van der Waals surface area contributed by atoms with Gasteiger partial charge in [-0.05, 0) is 37.1 Å². The number of amides is 1. The van der Waals surface area contributed by atoms with E-state index in [4.69, 9.17) is 11.6 Å². The predicted molar refractivity (Wildman–Crippen MR) is 84.1 cm³/mol. The summed E-state index contributed by atoms with van der Waals surface area (Å²) in [5, 5.41) is 14.6. The first-order chi connectivity index (χ1) is 10.6. The number of nitrogens with zero attached hydrogens (tertiary/aromatic N) is 3. The normalized spacial score (nSPS) is 21.0. The Morgan fingerprint density at radius 2 is 2.14 bits per heavy atom. The number of benzene rings is 1. The first-order valence-corrected chi connectivity index (χ1v) is 7.58. The van der Waals surface area contributed by atoms with Crippen molar-refractivity contribution in [1.82, 2.24) is 25.6 Å². The molecule has 0 saturated carbocycles. The monoisotopic (exact) mass is 319 g/mol. The van der Waals surface area contributed by atoms with Crippen molar-refractivity contribution in [3.05, 3.63) is 46.2 Å². The molecule has 0 radical (unpaired) electrons. The second-order valence-corrected chi connectivity index (χ2v) is 6.01. The molecule has 22 heavy (non-hydrogen) atoms. The number of halogens is 1. The van der Waals surface area contributed by atoms with Gasteiger partial charge in [-0.3, -0.25) is 4.79 Å². The van der Waals surface area contributed by atoms with Gasteiger partial charge in [0.25, 0.3) is 5.91 Å². The second-order valence-electron chi connectivity index (χ2n) is 5.60. The van der Waals surface area contributed by atoms with Crippen molar-refractivity contribution in [2.45, 2.75) is 25.9 Å². The van der Waals surface area contributed by atoms with Gasteiger partial charge in [-0.1, -0.05) is 16.8 Å². The Kier molecular flexibility index (Phi) is 4.13. The Balaban J connectivity index is 1.78. The van der Waals surface area contributed by atoms with Crippen LogP contribution in [0.15, 0.2) is 24.5 Å². The fourth-order valence-corrected chi connectivity index (χ4v) is 2.99. The fraction of sp³-hybridized carbons (Fsp3) is 0.400. The van der Waals surface area contributed by atoms with Gasteiger partial charge in [-0.15, -0.1) is 5.10 Å². The van der Waals surface area contributed by atoms with Crippen molar-refractivity contribution in [1.29, 1.82) is 0 Å². The average Bonchev–Trinajstić information content (AvgIpc) is 3.13. The molecule has 0 unspecified atom stereocenters. The smallest absolute Gasteiger partial charge is 0.253 e. The van der Waals surface area contributed by atoms with Gasteiger partial charge >= 0.3 is 0 Å².